The molecule has 1 amide bonds. The van der Waals surface area contributed by atoms with Crippen LogP contribution >= 0.6 is 0 Å². The topological polar surface area (TPSA) is 128 Å². The second-order valence-electron chi connectivity index (χ2n) is 12.8. The van der Waals surface area contributed by atoms with Gasteiger partial charge in [-0.05, 0) is 57.4 Å². The van der Waals surface area contributed by atoms with Gasteiger partial charge in [0, 0.05) is 40.9 Å². The van der Waals surface area contributed by atoms with E-state index in [0.717, 1.165) is 16.7 Å². The molecule has 3 N–H and O–H groups in total. The third kappa shape index (κ3) is 4.68. The molecule has 1 fully saturated rings. The van der Waals surface area contributed by atoms with E-state index in [9.17, 15) is 42.2 Å². The minimum atomic E-state index is -2.41. The summed E-state index contributed by atoms with van der Waals surface area (Å²) in [7, 11) is 6.04. The van der Waals surface area contributed by atoms with Crippen LogP contribution < -0.4 is 19.5 Å². The van der Waals surface area contributed by atoms with Crippen LogP contribution in [0.1, 0.15) is 61.4 Å². The molecule has 0 radical (unpaired) electrons. The Morgan fingerprint density at radius 1 is 0.800 bits per heavy atom. The van der Waals surface area contributed by atoms with Gasteiger partial charge in [0.1, 0.15) is 17.4 Å². The first-order valence-corrected chi connectivity index (χ1v) is 15.7. The SMILES string of the molecule is COc1c(C)c(C)c2c(c1O)[C@@H]1[C@@H]3Cc4c(OC)c(C)c(OC)c(O)c4[C@H](CNC(=O)c4c(F)c(F)c(F)c(F)c4F)N3[C@@H](C#N)[C@H](C2)N1C. The molecule has 0 saturated carbocycles. The van der Waals surface area contributed by atoms with Crippen molar-refractivity contribution in [3.63, 3.8) is 0 Å². The lowest BCUT2D eigenvalue weighted by molar-refractivity contribution is -0.0723. The number of hydrogen-bond donors (Lipinski definition) is 3. The van der Waals surface area contributed by atoms with Crippen LogP contribution in [0.15, 0.2) is 0 Å². The molecule has 5 atom stereocenters. The van der Waals surface area contributed by atoms with Crippen LogP contribution in [0, 0.1) is 61.2 Å². The Labute approximate surface area is 284 Å². The summed E-state index contributed by atoms with van der Waals surface area (Å²) in [6.07, 6.45) is 0.490. The van der Waals surface area contributed by atoms with Gasteiger partial charge >= 0.3 is 0 Å². The molecular formula is C35H35F5N4O6. The van der Waals surface area contributed by atoms with Gasteiger partial charge in [-0.2, -0.15) is 5.26 Å². The third-order valence-corrected chi connectivity index (χ3v) is 10.7. The predicted molar refractivity (Wildman–Crippen MR) is 168 cm³/mol. The molecule has 0 spiro atoms. The summed E-state index contributed by atoms with van der Waals surface area (Å²) in [5, 5.41) is 36.4. The number of ether oxygens (including phenoxy) is 3. The van der Waals surface area contributed by atoms with Crippen LogP contribution in [-0.2, 0) is 12.8 Å². The Morgan fingerprint density at radius 3 is 1.88 bits per heavy atom. The van der Waals surface area contributed by atoms with Crippen molar-refractivity contribution in [1.29, 1.82) is 5.26 Å². The zero-order chi connectivity index (χ0) is 36.7. The second-order valence-corrected chi connectivity index (χ2v) is 12.8. The minimum absolute atomic E-state index is 0.0387. The van der Waals surface area contributed by atoms with Crippen molar-refractivity contribution in [1.82, 2.24) is 15.1 Å². The number of methoxy groups -OCH3 is 3. The number of rotatable bonds is 6. The van der Waals surface area contributed by atoms with Gasteiger partial charge in [0.25, 0.3) is 5.91 Å². The maximum atomic E-state index is 14.7. The number of aromatic hydroxyl groups is 2. The van der Waals surface area contributed by atoms with Crippen molar-refractivity contribution in [3.8, 4) is 34.8 Å². The fraction of sp³-hybridized carbons (Fsp3) is 0.429. The average Bonchev–Trinajstić information content (AvgIpc) is 3.08. The van der Waals surface area contributed by atoms with Gasteiger partial charge in [-0.15, -0.1) is 0 Å². The van der Waals surface area contributed by atoms with E-state index in [1.807, 2.05) is 25.8 Å². The number of hydrogen-bond acceptors (Lipinski definition) is 9. The monoisotopic (exact) mass is 702 g/mol. The summed E-state index contributed by atoms with van der Waals surface area (Å²) in [5.41, 5.74) is 2.50. The van der Waals surface area contributed by atoms with E-state index in [-0.39, 0.29) is 29.2 Å². The summed E-state index contributed by atoms with van der Waals surface area (Å²) in [6.45, 7) is 4.87. The summed E-state index contributed by atoms with van der Waals surface area (Å²) in [6, 6.07) is -1.38. The number of nitriles is 1. The van der Waals surface area contributed by atoms with Crippen molar-refractivity contribution in [2.45, 2.75) is 63.8 Å². The zero-order valence-corrected chi connectivity index (χ0v) is 28.3. The molecule has 3 aromatic carbocycles. The van der Waals surface area contributed by atoms with E-state index in [0.29, 0.717) is 34.6 Å². The van der Waals surface area contributed by atoms with E-state index < -0.39 is 77.3 Å². The number of piperazine rings is 1. The Balaban J connectivity index is 1.57. The van der Waals surface area contributed by atoms with Gasteiger partial charge in [-0.25, -0.2) is 22.0 Å². The van der Waals surface area contributed by atoms with Crippen molar-refractivity contribution in [2.24, 2.45) is 0 Å². The van der Waals surface area contributed by atoms with E-state index >= 15 is 0 Å². The molecule has 0 aromatic heterocycles. The molecule has 6 rings (SSSR count). The molecule has 1 saturated heterocycles. The summed E-state index contributed by atoms with van der Waals surface area (Å²) >= 11 is 0. The molecular weight excluding hydrogens is 667 g/mol. The van der Waals surface area contributed by atoms with E-state index in [1.54, 1.807) is 11.8 Å². The summed E-state index contributed by atoms with van der Waals surface area (Å²) in [5.74, 6) is -12.9. The van der Waals surface area contributed by atoms with Gasteiger partial charge in [0.15, 0.2) is 46.3 Å². The highest BCUT2D eigenvalue weighted by atomic mass is 19.2. The standard InChI is InChI=1S/C35H35F5N4O6/c1-12-13(2)33(49-6)31(46)22-15(12)8-17-19(10-41)44-18(29(22)43(17)4)9-16-21(30(45)34(50-7)14(3)32(16)48-5)20(44)11-42-35(47)23-24(36)26(38)28(40)27(39)25(23)37/h17-20,29,45-46H,8-9,11H2,1-7H3,(H,42,47)/t17-,18-,19-,20-,29-/m0/s1. The van der Waals surface area contributed by atoms with Crippen LogP contribution in [-0.4, -0.2) is 79.0 Å². The molecule has 2 bridgehead atoms. The lowest BCUT2D eigenvalue weighted by Gasteiger charge is -2.60. The highest BCUT2D eigenvalue weighted by molar-refractivity contribution is 5.95. The highest BCUT2D eigenvalue weighted by Gasteiger charge is 2.56. The molecule has 10 nitrogen and oxygen atoms in total. The maximum Gasteiger partial charge on any atom is 0.257 e. The molecule has 50 heavy (non-hydrogen) atoms. The smallest absolute Gasteiger partial charge is 0.257 e. The first kappa shape index (κ1) is 35.0. The molecule has 0 unspecified atom stereocenters. The third-order valence-electron chi connectivity index (χ3n) is 10.7. The number of benzene rings is 3. The van der Waals surface area contributed by atoms with Crippen LogP contribution in [0.4, 0.5) is 22.0 Å². The predicted octanol–water partition coefficient (Wildman–Crippen LogP) is 4.95. The lowest BCUT2D eigenvalue weighted by Crippen LogP contribution is -2.68. The van der Waals surface area contributed by atoms with Gasteiger partial charge < -0.3 is 29.7 Å². The molecule has 15 heteroatoms. The maximum absolute atomic E-state index is 14.7. The molecule has 266 valence electrons. The quantitative estimate of drug-likeness (QED) is 0.186. The second kappa shape index (κ2) is 12.5. The first-order chi connectivity index (χ1) is 23.7. The normalized spacial score (nSPS) is 22.6. The van der Waals surface area contributed by atoms with E-state index in [1.165, 1.54) is 21.3 Å². The number of phenolic OH excluding ortho intramolecular Hbond substituents is 2. The molecule has 3 aromatic rings. The fourth-order valence-electron chi connectivity index (χ4n) is 8.43. The van der Waals surface area contributed by atoms with Crippen LogP contribution in [0.3, 0.4) is 0 Å². The van der Waals surface area contributed by atoms with Crippen LogP contribution in [0.2, 0.25) is 0 Å². The van der Waals surface area contributed by atoms with Crippen molar-refractivity contribution < 1.29 is 51.2 Å². The average molecular weight is 703 g/mol. The van der Waals surface area contributed by atoms with Gasteiger partial charge in [0.2, 0.25) is 5.82 Å². The van der Waals surface area contributed by atoms with Crippen LogP contribution in [0.5, 0.6) is 28.7 Å². The largest absolute Gasteiger partial charge is 0.504 e. The number of likely N-dealkylation sites (N-methyl/N-ethyl adjacent to an activating group) is 1. The Bertz CT molecular complexity index is 1970. The number of carbonyl (C=O) groups excluding carboxylic acids is 1. The van der Waals surface area contributed by atoms with Gasteiger partial charge in [-0.1, -0.05) is 0 Å². The van der Waals surface area contributed by atoms with E-state index in [4.69, 9.17) is 14.2 Å². The van der Waals surface area contributed by atoms with Gasteiger partial charge in [-0.3, -0.25) is 14.6 Å². The number of carbonyl (C=O) groups is 1. The molecule has 3 aliphatic heterocycles. The number of fused-ring (bicyclic) bond motifs is 7. The van der Waals surface area contributed by atoms with Gasteiger partial charge in [0.05, 0.1) is 39.5 Å². The highest BCUT2D eigenvalue weighted by Crippen LogP contribution is 2.57. The van der Waals surface area contributed by atoms with Crippen molar-refractivity contribution in [3.05, 3.63) is 73.6 Å². The Morgan fingerprint density at radius 2 is 1.32 bits per heavy atom. The number of nitrogens with zero attached hydrogens (tertiary/aromatic N) is 3. The summed E-state index contributed by atoms with van der Waals surface area (Å²) < 4.78 is 88.3. The summed E-state index contributed by atoms with van der Waals surface area (Å²) in [4.78, 5) is 17.0. The number of halogens is 5. The molecule has 0 aliphatic carbocycles. The van der Waals surface area contributed by atoms with Crippen molar-refractivity contribution in [2.75, 3.05) is 34.9 Å². The Hall–Kier alpha value is -4.81. The zero-order valence-electron chi connectivity index (χ0n) is 28.3. The Kier molecular flexibility index (Phi) is 8.76. The van der Waals surface area contributed by atoms with Crippen molar-refractivity contribution >= 4 is 5.91 Å². The number of phenols is 2. The molecule has 3 aliphatic rings. The fourth-order valence-corrected chi connectivity index (χ4v) is 8.43. The van der Waals surface area contributed by atoms with E-state index in [2.05, 4.69) is 11.4 Å². The first-order valence-electron chi connectivity index (χ1n) is 15.7. The number of nitrogens with one attached hydrogen (secondary N) is 1. The number of amides is 1. The lowest BCUT2D eigenvalue weighted by atomic mass is 9.70. The minimum Gasteiger partial charge on any atom is -0.504 e. The molecule has 3 heterocycles. The van der Waals surface area contributed by atoms with Crippen LogP contribution in [0.25, 0.3) is 0 Å².